The minimum Gasteiger partial charge on any atom is -0.264 e. The van der Waals surface area contributed by atoms with E-state index in [9.17, 15) is 23.3 Å². The van der Waals surface area contributed by atoms with Gasteiger partial charge in [-0.25, -0.2) is 0 Å². The van der Waals surface area contributed by atoms with Crippen molar-refractivity contribution in [3.8, 4) is 0 Å². The molecule has 0 aliphatic heterocycles. The predicted molar refractivity (Wildman–Crippen MR) is 54.0 cm³/mol. The number of nitrogens with zero attached hydrogens (tertiary/aromatic N) is 2. The number of halogens is 3. The lowest BCUT2D eigenvalue weighted by atomic mass is 9.90. The zero-order chi connectivity index (χ0) is 13.1. The van der Waals surface area contributed by atoms with E-state index in [2.05, 4.69) is 4.98 Å². The van der Waals surface area contributed by atoms with Crippen molar-refractivity contribution in [3.05, 3.63) is 40.2 Å². The normalized spacial score (nSPS) is 15.3. The Kier molecular flexibility index (Phi) is 3.69. The molecule has 1 rings (SSSR count). The predicted octanol–water partition coefficient (Wildman–Crippen LogP) is 2.61. The summed E-state index contributed by atoms with van der Waals surface area (Å²) in [7, 11) is 0. The number of nitro groups is 1. The minimum absolute atomic E-state index is 0.0587. The molecular formula is C10H11F3N2O2. The first-order chi connectivity index (χ1) is 7.83. The van der Waals surface area contributed by atoms with E-state index in [1.807, 2.05) is 0 Å². The summed E-state index contributed by atoms with van der Waals surface area (Å²) in [5, 5.41) is 10.8. The Morgan fingerprint density at radius 3 is 2.41 bits per heavy atom. The molecule has 0 N–H and O–H groups in total. The van der Waals surface area contributed by atoms with Crippen LogP contribution in [0.5, 0.6) is 0 Å². The van der Waals surface area contributed by atoms with Crippen molar-refractivity contribution in [1.82, 2.24) is 4.98 Å². The molecule has 0 aliphatic rings. The average molecular weight is 248 g/mol. The molecule has 1 aromatic heterocycles. The van der Waals surface area contributed by atoms with E-state index in [1.165, 1.54) is 24.4 Å². The van der Waals surface area contributed by atoms with Gasteiger partial charge in [-0.3, -0.25) is 15.1 Å². The first kappa shape index (κ1) is 13.4. The van der Waals surface area contributed by atoms with Gasteiger partial charge in [0.2, 0.25) is 0 Å². The summed E-state index contributed by atoms with van der Waals surface area (Å²) in [6, 6.07) is 4.38. The summed E-state index contributed by atoms with van der Waals surface area (Å²) in [6.45, 7) is 1.15. The highest BCUT2D eigenvalue weighted by Gasteiger charge is 2.64. The van der Waals surface area contributed by atoms with Gasteiger partial charge in [-0.2, -0.15) is 13.2 Å². The Bertz CT molecular complexity index is 394. The third kappa shape index (κ3) is 2.54. The first-order valence-electron chi connectivity index (χ1n) is 4.94. The Labute approximate surface area is 95.6 Å². The van der Waals surface area contributed by atoms with Gasteiger partial charge >= 0.3 is 11.7 Å². The van der Waals surface area contributed by atoms with Crippen molar-refractivity contribution in [1.29, 1.82) is 0 Å². The number of alkyl halides is 3. The first-order valence-corrected chi connectivity index (χ1v) is 4.94. The quantitative estimate of drug-likeness (QED) is 0.608. The van der Waals surface area contributed by atoms with E-state index >= 15 is 0 Å². The summed E-state index contributed by atoms with van der Waals surface area (Å²) in [5.41, 5.74) is -2.90. The van der Waals surface area contributed by atoms with Gasteiger partial charge in [0.1, 0.15) is 0 Å². The highest BCUT2D eigenvalue weighted by Crippen LogP contribution is 2.38. The Morgan fingerprint density at radius 1 is 1.41 bits per heavy atom. The second-order valence-electron chi connectivity index (χ2n) is 3.64. The second-order valence-corrected chi connectivity index (χ2v) is 3.64. The third-order valence-electron chi connectivity index (χ3n) is 2.66. The standard InChI is InChI=1S/C10H11F3N2O2/c1-2-9(15(16)17,10(11,12)13)7-8-5-3-4-6-14-8/h3-6H,2,7H2,1H3. The van der Waals surface area contributed by atoms with Crippen molar-refractivity contribution < 1.29 is 18.1 Å². The van der Waals surface area contributed by atoms with Crippen LogP contribution < -0.4 is 0 Å². The molecule has 1 aromatic rings. The van der Waals surface area contributed by atoms with Gasteiger partial charge in [0, 0.05) is 23.2 Å². The number of hydrogen-bond acceptors (Lipinski definition) is 3. The second kappa shape index (κ2) is 4.68. The van der Waals surface area contributed by atoms with Crippen LogP contribution in [0.25, 0.3) is 0 Å². The maximum Gasteiger partial charge on any atom is 0.460 e. The van der Waals surface area contributed by atoms with Crippen molar-refractivity contribution >= 4 is 0 Å². The number of hydrogen-bond donors (Lipinski definition) is 0. The van der Waals surface area contributed by atoms with Crippen molar-refractivity contribution in [2.24, 2.45) is 0 Å². The van der Waals surface area contributed by atoms with E-state index in [4.69, 9.17) is 0 Å². The number of pyridine rings is 1. The molecule has 0 saturated carbocycles. The maximum atomic E-state index is 12.8. The van der Waals surface area contributed by atoms with Crippen LogP contribution in [0.2, 0.25) is 0 Å². The molecular weight excluding hydrogens is 237 g/mol. The summed E-state index contributed by atoms with van der Waals surface area (Å²) < 4.78 is 38.5. The van der Waals surface area contributed by atoms with Crippen LogP contribution in [-0.4, -0.2) is 21.6 Å². The maximum absolute atomic E-state index is 12.8. The molecule has 7 heteroatoms. The average Bonchev–Trinajstić information content (AvgIpc) is 2.25. The topological polar surface area (TPSA) is 56.0 Å². The summed E-state index contributed by atoms with van der Waals surface area (Å²) in [5.74, 6) is 0. The van der Waals surface area contributed by atoms with Crippen LogP contribution in [0, 0.1) is 10.1 Å². The van der Waals surface area contributed by atoms with Gasteiger partial charge in [0.25, 0.3) is 0 Å². The fraction of sp³-hybridized carbons (Fsp3) is 0.500. The van der Waals surface area contributed by atoms with Crippen LogP contribution in [0.1, 0.15) is 19.0 Å². The highest BCUT2D eigenvalue weighted by atomic mass is 19.4. The van der Waals surface area contributed by atoms with Crippen LogP contribution in [0.3, 0.4) is 0 Å². The van der Waals surface area contributed by atoms with E-state index < -0.39 is 29.5 Å². The molecule has 0 spiro atoms. The molecule has 1 atom stereocenters. The van der Waals surface area contributed by atoms with E-state index in [1.54, 1.807) is 0 Å². The zero-order valence-corrected chi connectivity index (χ0v) is 9.07. The van der Waals surface area contributed by atoms with Crippen LogP contribution in [0.15, 0.2) is 24.4 Å². The van der Waals surface area contributed by atoms with Crippen molar-refractivity contribution in [2.75, 3.05) is 0 Å². The van der Waals surface area contributed by atoms with Gasteiger partial charge in [-0.1, -0.05) is 13.0 Å². The molecule has 4 nitrogen and oxygen atoms in total. The van der Waals surface area contributed by atoms with Gasteiger partial charge in [0.15, 0.2) is 0 Å². The smallest absolute Gasteiger partial charge is 0.264 e. The summed E-state index contributed by atoms with van der Waals surface area (Å²) in [4.78, 5) is 13.2. The lowest BCUT2D eigenvalue weighted by Gasteiger charge is -2.25. The number of aromatic nitrogens is 1. The van der Waals surface area contributed by atoms with Gasteiger partial charge < -0.3 is 0 Å². The molecule has 1 heterocycles. The third-order valence-corrected chi connectivity index (χ3v) is 2.66. The molecule has 0 aliphatic carbocycles. The summed E-state index contributed by atoms with van der Waals surface area (Å²) >= 11 is 0. The van der Waals surface area contributed by atoms with Gasteiger partial charge in [-0.15, -0.1) is 0 Å². The summed E-state index contributed by atoms with van der Waals surface area (Å²) in [6.07, 6.45) is -4.96. The Morgan fingerprint density at radius 2 is 2.06 bits per heavy atom. The fourth-order valence-electron chi connectivity index (χ4n) is 1.53. The minimum atomic E-state index is -4.90. The molecule has 0 fully saturated rings. The molecule has 0 bridgehead atoms. The monoisotopic (exact) mass is 248 g/mol. The Balaban J connectivity index is 3.13. The molecule has 17 heavy (non-hydrogen) atoms. The van der Waals surface area contributed by atoms with Crippen LogP contribution in [0.4, 0.5) is 13.2 Å². The molecule has 0 amide bonds. The fourth-order valence-corrected chi connectivity index (χ4v) is 1.53. The molecule has 94 valence electrons. The van der Waals surface area contributed by atoms with Gasteiger partial charge in [0.05, 0.1) is 6.42 Å². The largest absolute Gasteiger partial charge is 0.460 e. The zero-order valence-electron chi connectivity index (χ0n) is 9.07. The van der Waals surface area contributed by atoms with Crippen LogP contribution >= 0.6 is 0 Å². The molecule has 0 saturated heterocycles. The SMILES string of the molecule is CCC(Cc1ccccn1)([N+](=O)[O-])C(F)(F)F. The van der Waals surface area contributed by atoms with Crippen molar-refractivity contribution in [2.45, 2.75) is 31.5 Å². The highest BCUT2D eigenvalue weighted by molar-refractivity contribution is 5.08. The van der Waals surface area contributed by atoms with Crippen LogP contribution in [-0.2, 0) is 6.42 Å². The van der Waals surface area contributed by atoms with E-state index in [0.717, 1.165) is 6.92 Å². The van der Waals surface area contributed by atoms with E-state index in [0.29, 0.717) is 0 Å². The molecule has 0 radical (unpaired) electrons. The molecule has 0 aromatic carbocycles. The molecule has 1 unspecified atom stereocenters. The van der Waals surface area contributed by atoms with Crippen molar-refractivity contribution in [3.63, 3.8) is 0 Å². The Hall–Kier alpha value is -1.66. The van der Waals surface area contributed by atoms with E-state index in [-0.39, 0.29) is 5.69 Å². The lowest BCUT2D eigenvalue weighted by molar-refractivity contribution is -0.613. The van der Waals surface area contributed by atoms with Gasteiger partial charge in [-0.05, 0) is 12.1 Å². The number of rotatable bonds is 4. The lowest BCUT2D eigenvalue weighted by Crippen LogP contribution is -2.53.